The summed E-state index contributed by atoms with van der Waals surface area (Å²) in [4.78, 5) is 31.4. The molecular formula is C23H27F4N3O3. The number of aliphatic hydroxyl groups is 1. The molecule has 1 aliphatic heterocycles. The van der Waals surface area contributed by atoms with Gasteiger partial charge >= 0.3 is 6.18 Å². The number of rotatable bonds is 4. The van der Waals surface area contributed by atoms with Crippen molar-refractivity contribution in [1.82, 2.24) is 14.5 Å². The smallest absolute Gasteiger partial charge is 0.387 e. The second kappa shape index (κ2) is 8.38. The number of carbonyl (C=O) groups is 1. The van der Waals surface area contributed by atoms with Gasteiger partial charge in [0.2, 0.25) is 5.91 Å². The second-order valence-corrected chi connectivity index (χ2v) is 9.59. The second-order valence-electron chi connectivity index (χ2n) is 9.59. The maximum absolute atomic E-state index is 13.7. The van der Waals surface area contributed by atoms with E-state index in [4.69, 9.17) is 0 Å². The van der Waals surface area contributed by atoms with Crippen LogP contribution in [-0.4, -0.2) is 50.3 Å². The van der Waals surface area contributed by atoms with Gasteiger partial charge in [0.15, 0.2) is 0 Å². The van der Waals surface area contributed by atoms with E-state index in [0.29, 0.717) is 18.4 Å². The summed E-state index contributed by atoms with van der Waals surface area (Å²) < 4.78 is 53.3. The van der Waals surface area contributed by atoms with Crippen molar-refractivity contribution in [2.45, 2.75) is 63.8 Å². The maximum Gasteiger partial charge on any atom is 0.389 e. The highest BCUT2D eigenvalue weighted by Gasteiger charge is 2.56. The highest BCUT2D eigenvalue weighted by Crippen LogP contribution is 2.51. The van der Waals surface area contributed by atoms with Gasteiger partial charge in [-0.15, -0.1) is 0 Å². The van der Waals surface area contributed by atoms with E-state index in [0.717, 1.165) is 18.9 Å². The minimum atomic E-state index is -4.43. The van der Waals surface area contributed by atoms with Gasteiger partial charge in [-0.2, -0.15) is 13.2 Å². The van der Waals surface area contributed by atoms with Gasteiger partial charge in [-0.1, -0.05) is 19.8 Å². The fraction of sp³-hybridized carbons (Fsp3) is 0.609. The number of aromatic nitrogens is 2. The monoisotopic (exact) mass is 469 g/mol. The molecule has 1 aliphatic carbocycles. The SMILES string of the molecule is CC(CC(F)(F)F)C(=O)N1CCC(O)(Cn2cnc3ccc(F)cc3c2=O)C2(CCCC2)C1. The fourth-order valence-electron chi connectivity index (χ4n) is 5.56. The first-order valence-electron chi connectivity index (χ1n) is 11.2. The summed E-state index contributed by atoms with van der Waals surface area (Å²) in [5.74, 6) is -2.33. The number of nitrogens with zero attached hydrogens (tertiary/aromatic N) is 3. The Hall–Kier alpha value is -2.49. The Morgan fingerprint density at radius 1 is 1.24 bits per heavy atom. The van der Waals surface area contributed by atoms with Crippen LogP contribution in [0.3, 0.4) is 0 Å². The van der Waals surface area contributed by atoms with Crippen LogP contribution in [0.5, 0.6) is 0 Å². The van der Waals surface area contributed by atoms with Crippen molar-refractivity contribution in [3.05, 3.63) is 40.7 Å². The minimum absolute atomic E-state index is 0.0780. The number of benzene rings is 1. The highest BCUT2D eigenvalue weighted by molar-refractivity contribution is 5.79. The van der Waals surface area contributed by atoms with Crippen LogP contribution in [0.1, 0.15) is 45.4 Å². The Morgan fingerprint density at radius 2 is 1.94 bits per heavy atom. The summed E-state index contributed by atoms with van der Waals surface area (Å²) in [6.45, 7) is 1.45. The molecule has 180 valence electrons. The third-order valence-corrected chi connectivity index (χ3v) is 7.33. The Morgan fingerprint density at radius 3 is 2.61 bits per heavy atom. The zero-order chi connectivity index (χ0) is 24.0. The predicted octanol–water partition coefficient (Wildman–Crippen LogP) is 3.65. The van der Waals surface area contributed by atoms with Gasteiger partial charge in [-0.3, -0.25) is 14.2 Å². The topological polar surface area (TPSA) is 75.4 Å². The molecule has 1 amide bonds. The molecule has 1 aromatic heterocycles. The first-order chi connectivity index (χ1) is 15.4. The number of amides is 1. The zero-order valence-corrected chi connectivity index (χ0v) is 18.4. The van der Waals surface area contributed by atoms with Crippen LogP contribution >= 0.6 is 0 Å². The third kappa shape index (κ3) is 4.49. The highest BCUT2D eigenvalue weighted by atomic mass is 19.4. The Balaban J connectivity index is 1.61. The summed E-state index contributed by atoms with van der Waals surface area (Å²) >= 11 is 0. The lowest BCUT2D eigenvalue weighted by Gasteiger charge is -2.52. The number of hydrogen-bond donors (Lipinski definition) is 1. The molecule has 2 atom stereocenters. The number of halogens is 4. The van der Waals surface area contributed by atoms with Gasteiger partial charge in [-0.25, -0.2) is 9.37 Å². The van der Waals surface area contributed by atoms with E-state index in [1.165, 1.54) is 34.9 Å². The molecule has 0 radical (unpaired) electrons. The van der Waals surface area contributed by atoms with Crippen LogP contribution < -0.4 is 5.56 Å². The number of carbonyl (C=O) groups excluding carboxylic acids is 1. The fourth-order valence-corrected chi connectivity index (χ4v) is 5.56. The van der Waals surface area contributed by atoms with Crippen molar-refractivity contribution in [2.75, 3.05) is 13.1 Å². The molecule has 10 heteroatoms. The lowest BCUT2D eigenvalue weighted by molar-refractivity contribution is -0.172. The predicted molar refractivity (Wildman–Crippen MR) is 113 cm³/mol. The van der Waals surface area contributed by atoms with Crippen molar-refractivity contribution in [1.29, 1.82) is 0 Å². The van der Waals surface area contributed by atoms with Crippen molar-refractivity contribution in [3.63, 3.8) is 0 Å². The number of likely N-dealkylation sites (tertiary alicyclic amines) is 1. The molecule has 1 N–H and O–H groups in total. The van der Waals surface area contributed by atoms with Crippen LogP contribution in [-0.2, 0) is 11.3 Å². The van der Waals surface area contributed by atoms with Crippen molar-refractivity contribution >= 4 is 16.8 Å². The molecular weight excluding hydrogens is 442 g/mol. The zero-order valence-electron chi connectivity index (χ0n) is 18.4. The molecule has 2 aliphatic rings. The minimum Gasteiger partial charge on any atom is -0.387 e. The number of piperidine rings is 1. The first-order valence-corrected chi connectivity index (χ1v) is 11.2. The molecule has 6 nitrogen and oxygen atoms in total. The van der Waals surface area contributed by atoms with E-state index in [1.54, 1.807) is 0 Å². The molecule has 1 saturated heterocycles. The summed E-state index contributed by atoms with van der Waals surface area (Å²) in [5.41, 5.74) is -2.20. The molecule has 2 unspecified atom stereocenters. The Bertz CT molecular complexity index is 1110. The van der Waals surface area contributed by atoms with Crippen LogP contribution in [0.25, 0.3) is 10.9 Å². The normalized spacial score (nSPS) is 23.9. The van der Waals surface area contributed by atoms with Crippen LogP contribution in [0.2, 0.25) is 0 Å². The van der Waals surface area contributed by atoms with Crippen LogP contribution in [0.4, 0.5) is 17.6 Å². The number of fused-ring (bicyclic) bond motifs is 1. The van der Waals surface area contributed by atoms with E-state index in [-0.39, 0.29) is 31.4 Å². The molecule has 2 heterocycles. The molecule has 4 rings (SSSR count). The number of alkyl halides is 3. The molecule has 1 spiro atoms. The first kappa shape index (κ1) is 23.7. The van der Waals surface area contributed by atoms with Gasteiger partial charge in [0.05, 0.1) is 35.8 Å². The van der Waals surface area contributed by atoms with Gasteiger partial charge in [-0.05, 0) is 37.5 Å². The van der Waals surface area contributed by atoms with Gasteiger partial charge in [0.25, 0.3) is 5.56 Å². The molecule has 2 fully saturated rings. The van der Waals surface area contributed by atoms with E-state index in [2.05, 4.69) is 4.98 Å². The maximum atomic E-state index is 13.7. The van der Waals surface area contributed by atoms with E-state index in [9.17, 15) is 32.3 Å². The van der Waals surface area contributed by atoms with Gasteiger partial charge in [0.1, 0.15) is 5.82 Å². The number of hydrogen-bond acceptors (Lipinski definition) is 4. The summed E-state index contributed by atoms with van der Waals surface area (Å²) in [5, 5.41) is 11.9. The summed E-state index contributed by atoms with van der Waals surface area (Å²) in [6, 6.07) is 3.74. The van der Waals surface area contributed by atoms with Crippen LogP contribution in [0.15, 0.2) is 29.3 Å². The van der Waals surface area contributed by atoms with Crippen molar-refractivity contribution in [3.8, 4) is 0 Å². The summed E-state index contributed by atoms with van der Waals surface area (Å²) in [7, 11) is 0. The molecule has 1 saturated carbocycles. The Labute approximate surface area is 188 Å². The lowest BCUT2D eigenvalue weighted by atomic mass is 9.65. The molecule has 0 bridgehead atoms. The quantitative estimate of drug-likeness (QED) is 0.694. The largest absolute Gasteiger partial charge is 0.389 e. The van der Waals surface area contributed by atoms with E-state index < -0.39 is 46.8 Å². The van der Waals surface area contributed by atoms with Crippen molar-refractivity contribution < 1.29 is 27.5 Å². The molecule has 2 aromatic rings. The standard InChI is InChI=1S/C23H27F4N3O3/c1-15(11-23(25,26)27)19(31)29-9-8-22(33,21(12-29)6-2-3-7-21)13-30-14-28-18-5-4-16(24)10-17(18)20(30)32/h4-5,10,14-15,33H,2-3,6-9,11-13H2,1H3. The third-order valence-electron chi connectivity index (χ3n) is 7.33. The van der Waals surface area contributed by atoms with Crippen molar-refractivity contribution in [2.24, 2.45) is 11.3 Å². The Kier molecular flexibility index (Phi) is 6.01. The average Bonchev–Trinajstić information content (AvgIpc) is 3.21. The average molecular weight is 469 g/mol. The van der Waals surface area contributed by atoms with Gasteiger partial charge < -0.3 is 10.0 Å². The summed E-state index contributed by atoms with van der Waals surface area (Å²) in [6.07, 6.45) is -1.32. The lowest BCUT2D eigenvalue weighted by Crippen LogP contribution is -2.62. The molecule has 1 aromatic carbocycles. The van der Waals surface area contributed by atoms with E-state index >= 15 is 0 Å². The van der Waals surface area contributed by atoms with Gasteiger partial charge in [0, 0.05) is 24.4 Å². The van der Waals surface area contributed by atoms with E-state index in [1.807, 2.05) is 0 Å². The van der Waals surface area contributed by atoms with Crippen LogP contribution in [0, 0.1) is 17.2 Å². The molecule has 33 heavy (non-hydrogen) atoms.